The van der Waals surface area contributed by atoms with E-state index in [9.17, 15) is 0 Å². The van der Waals surface area contributed by atoms with Crippen molar-refractivity contribution in [2.45, 2.75) is 31.7 Å². The highest BCUT2D eigenvalue weighted by Gasteiger charge is 2.35. The van der Waals surface area contributed by atoms with Gasteiger partial charge in [0, 0.05) is 37.8 Å². The van der Waals surface area contributed by atoms with Crippen LogP contribution in [-0.4, -0.2) is 52.7 Å². The van der Waals surface area contributed by atoms with Crippen LogP contribution in [0.25, 0.3) is 0 Å². The lowest BCUT2D eigenvalue weighted by atomic mass is 10.0. The number of thioether (sulfide) groups is 1. The van der Waals surface area contributed by atoms with E-state index in [2.05, 4.69) is 34.2 Å². The van der Waals surface area contributed by atoms with Crippen LogP contribution in [0, 0.1) is 0 Å². The summed E-state index contributed by atoms with van der Waals surface area (Å²) in [6, 6.07) is 0. The quantitative estimate of drug-likeness (QED) is 0.905. The van der Waals surface area contributed by atoms with Crippen molar-refractivity contribution in [2.75, 3.05) is 37.7 Å². The minimum atomic E-state index is -0.143. The van der Waals surface area contributed by atoms with Crippen molar-refractivity contribution in [1.29, 1.82) is 0 Å². The van der Waals surface area contributed by atoms with E-state index in [0.29, 0.717) is 5.92 Å². The van der Waals surface area contributed by atoms with Gasteiger partial charge < -0.3 is 9.84 Å². The lowest BCUT2D eigenvalue weighted by Crippen LogP contribution is -2.52. The van der Waals surface area contributed by atoms with E-state index in [-0.39, 0.29) is 5.54 Å². The molecule has 19 heavy (non-hydrogen) atoms. The first kappa shape index (κ1) is 13.4. The summed E-state index contributed by atoms with van der Waals surface area (Å²) < 4.78 is 5.51. The smallest absolute Gasteiger partial charge is 0.230 e. The van der Waals surface area contributed by atoms with Crippen molar-refractivity contribution in [3.8, 4) is 0 Å². The van der Waals surface area contributed by atoms with Crippen molar-refractivity contribution in [3.05, 3.63) is 11.7 Å². The maximum absolute atomic E-state index is 5.51. The molecule has 2 aliphatic heterocycles. The number of nitrogens with one attached hydrogen (secondary N) is 1. The lowest BCUT2D eigenvalue weighted by molar-refractivity contribution is 0.0924. The van der Waals surface area contributed by atoms with Gasteiger partial charge in [-0.05, 0) is 26.0 Å². The van der Waals surface area contributed by atoms with Crippen molar-refractivity contribution in [1.82, 2.24) is 20.4 Å². The fourth-order valence-electron chi connectivity index (χ4n) is 2.74. The topological polar surface area (TPSA) is 54.2 Å². The highest BCUT2D eigenvalue weighted by Crippen LogP contribution is 2.33. The molecule has 1 atom stereocenters. The van der Waals surface area contributed by atoms with Gasteiger partial charge in [-0.2, -0.15) is 16.7 Å². The molecule has 1 aromatic heterocycles. The molecular weight excluding hydrogens is 260 g/mol. The molecule has 3 heterocycles. The molecule has 106 valence electrons. The van der Waals surface area contributed by atoms with Crippen LogP contribution in [0.2, 0.25) is 0 Å². The molecule has 0 aliphatic carbocycles. The number of nitrogens with zero attached hydrogens (tertiary/aromatic N) is 3. The summed E-state index contributed by atoms with van der Waals surface area (Å²) in [6.45, 7) is 8.53. The summed E-state index contributed by atoms with van der Waals surface area (Å²) in [5.74, 6) is 4.47. The first-order chi connectivity index (χ1) is 9.18. The Bertz CT molecular complexity index is 422. The predicted molar refractivity (Wildman–Crippen MR) is 76.4 cm³/mol. The van der Waals surface area contributed by atoms with Gasteiger partial charge in [0.2, 0.25) is 5.89 Å². The largest absolute Gasteiger partial charge is 0.339 e. The second-order valence-corrected chi connectivity index (χ2v) is 6.96. The van der Waals surface area contributed by atoms with Crippen LogP contribution in [0.5, 0.6) is 0 Å². The molecule has 2 aliphatic rings. The number of rotatable bonds is 3. The summed E-state index contributed by atoms with van der Waals surface area (Å²) in [5, 5.41) is 7.63. The molecule has 0 amide bonds. The van der Waals surface area contributed by atoms with E-state index < -0.39 is 0 Å². The van der Waals surface area contributed by atoms with E-state index in [4.69, 9.17) is 4.52 Å². The van der Waals surface area contributed by atoms with Gasteiger partial charge in [0.05, 0.1) is 5.54 Å². The average Bonchev–Trinajstić information content (AvgIpc) is 3.10. The number of piperazine rings is 1. The Labute approximate surface area is 118 Å². The average molecular weight is 282 g/mol. The van der Waals surface area contributed by atoms with Gasteiger partial charge in [-0.1, -0.05) is 5.16 Å². The lowest BCUT2D eigenvalue weighted by Gasteiger charge is -2.38. The van der Waals surface area contributed by atoms with Crippen LogP contribution in [0.1, 0.15) is 37.9 Å². The van der Waals surface area contributed by atoms with E-state index in [0.717, 1.165) is 43.6 Å². The SMILES string of the molecule is CC(C)(c1noc(C2CCSC2)n1)N1CCNCC1. The molecule has 0 saturated carbocycles. The van der Waals surface area contributed by atoms with Gasteiger partial charge in [-0.3, -0.25) is 4.90 Å². The normalized spacial score (nSPS) is 25.9. The number of aromatic nitrogens is 2. The van der Waals surface area contributed by atoms with E-state index in [1.807, 2.05) is 11.8 Å². The molecule has 1 N–H and O–H groups in total. The molecule has 6 heteroatoms. The first-order valence-electron chi connectivity index (χ1n) is 7.05. The van der Waals surface area contributed by atoms with Crippen LogP contribution < -0.4 is 5.32 Å². The van der Waals surface area contributed by atoms with Crippen molar-refractivity contribution < 1.29 is 4.52 Å². The molecule has 5 nitrogen and oxygen atoms in total. The number of hydrogen-bond acceptors (Lipinski definition) is 6. The van der Waals surface area contributed by atoms with E-state index in [1.165, 1.54) is 12.2 Å². The maximum Gasteiger partial charge on any atom is 0.230 e. The zero-order valence-electron chi connectivity index (χ0n) is 11.7. The molecular formula is C13H22N4OS. The Morgan fingerprint density at radius 3 is 2.84 bits per heavy atom. The molecule has 2 fully saturated rings. The van der Waals surface area contributed by atoms with Gasteiger partial charge in [0.1, 0.15) is 0 Å². The fraction of sp³-hybridized carbons (Fsp3) is 0.846. The van der Waals surface area contributed by atoms with Crippen molar-refractivity contribution >= 4 is 11.8 Å². The Morgan fingerprint density at radius 1 is 1.37 bits per heavy atom. The Morgan fingerprint density at radius 2 is 2.16 bits per heavy atom. The molecule has 2 saturated heterocycles. The first-order valence-corrected chi connectivity index (χ1v) is 8.21. The van der Waals surface area contributed by atoms with Gasteiger partial charge >= 0.3 is 0 Å². The second-order valence-electron chi connectivity index (χ2n) is 5.81. The summed E-state index contributed by atoms with van der Waals surface area (Å²) in [4.78, 5) is 7.12. The number of hydrogen-bond donors (Lipinski definition) is 1. The summed E-state index contributed by atoms with van der Waals surface area (Å²) in [5.41, 5.74) is -0.143. The molecule has 1 unspecified atom stereocenters. The van der Waals surface area contributed by atoms with Gasteiger partial charge in [-0.15, -0.1) is 0 Å². The molecule has 0 spiro atoms. The summed E-state index contributed by atoms with van der Waals surface area (Å²) >= 11 is 1.98. The monoisotopic (exact) mass is 282 g/mol. The third-order valence-electron chi connectivity index (χ3n) is 4.18. The van der Waals surface area contributed by atoms with Gasteiger partial charge in [-0.25, -0.2) is 0 Å². The Balaban J connectivity index is 1.76. The van der Waals surface area contributed by atoms with Gasteiger partial charge in [0.25, 0.3) is 0 Å². The molecule has 3 rings (SSSR count). The standard InChI is InChI=1S/C13H22N4OS/c1-13(2,17-6-4-14-5-7-17)12-15-11(18-16-12)10-3-8-19-9-10/h10,14H,3-9H2,1-2H3. The highest BCUT2D eigenvalue weighted by atomic mass is 32.2. The van der Waals surface area contributed by atoms with E-state index >= 15 is 0 Å². The third kappa shape index (κ3) is 2.66. The van der Waals surface area contributed by atoms with Crippen LogP contribution in [0.15, 0.2) is 4.52 Å². The summed E-state index contributed by atoms with van der Waals surface area (Å²) in [7, 11) is 0. The Hall–Kier alpha value is -0.590. The maximum atomic E-state index is 5.51. The zero-order valence-corrected chi connectivity index (χ0v) is 12.5. The van der Waals surface area contributed by atoms with Gasteiger partial charge in [0.15, 0.2) is 5.82 Å². The van der Waals surface area contributed by atoms with Crippen LogP contribution in [0.3, 0.4) is 0 Å². The van der Waals surface area contributed by atoms with Crippen LogP contribution in [-0.2, 0) is 5.54 Å². The molecule has 0 radical (unpaired) electrons. The van der Waals surface area contributed by atoms with E-state index in [1.54, 1.807) is 0 Å². The van der Waals surface area contributed by atoms with Crippen molar-refractivity contribution in [2.24, 2.45) is 0 Å². The Kier molecular flexibility index (Phi) is 3.82. The van der Waals surface area contributed by atoms with Crippen LogP contribution in [0.4, 0.5) is 0 Å². The second kappa shape index (κ2) is 5.42. The molecule has 0 aromatic carbocycles. The highest BCUT2D eigenvalue weighted by molar-refractivity contribution is 7.99. The minimum Gasteiger partial charge on any atom is -0.339 e. The van der Waals surface area contributed by atoms with Crippen LogP contribution >= 0.6 is 11.8 Å². The fourth-order valence-corrected chi connectivity index (χ4v) is 3.96. The zero-order chi connectivity index (χ0) is 13.3. The predicted octanol–water partition coefficient (Wildman–Crippen LogP) is 1.43. The third-order valence-corrected chi connectivity index (χ3v) is 5.34. The minimum absolute atomic E-state index is 0.143. The summed E-state index contributed by atoms with van der Waals surface area (Å²) in [6.07, 6.45) is 1.17. The van der Waals surface area contributed by atoms with Crippen molar-refractivity contribution in [3.63, 3.8) is 0 Å². The molecule has 1 aromatic rings. The molecule has 0 bridgehead atoms.